The minimum Gasteiger partial charge on any atom is -0.353 e. The Hall–Kier alpha value is -1.11. The van der Waals surface area contributed by atoms with E-state index in [0.717, 1.165) is 23.9 Å². The number of aryl methyl sites for hydroxylation is 1. The summed E-state index contributed by atoms with van der Waals surface area (Å²) in [5, 5.41) is 0. The second-order valence-electron chi connectivity index (χ2n) is 6.01. The van der Waals surface area contributed by atoms with E-state index in [1.165, 1.54) is 5.69 Å². The van der Waals surface area contributed by atoms with Crippen LogP contribution in [0.5, 0.6) is 0 Å². The third-order valence-electron chi connectivity index (χ3n) is 4.51. The number of hydrogen-bond acceptors (Lipinski definition) is 3. The van der Waals surface area contributed by atoms with Gasteiger partial charge >= 0.3 is 0 Å². The van der Waals surface area contributed by atoms with Gasteiger partial charge in [0, 0.05) is 30.0 Å². The van der Waals surface area contributed by atoms with Gasteiger partial charge in [-0.25, -0.2) is 8.42 Å². The van der Waals surface area contributed by atoms with Crippen molar-refractivity contribution >= 4 is 25.8 Å². The number of hydrogen-bond donors (Lipinski definition) is 0. The van der Waals surface area contributed by atoms with Crippen LogP contribution in [0.2, 0.25) is 0 Å². The molecule has 0 amide bonds. The highest BCUT2D eigenvalue weighted by Crippen LogP contribution is 2.31. The first-order valence-corrected chi connectivity index (χ1v) is 10.3. The molecule has 0 radical (unpaired) electrons. The van der Waals surface area contributed by atoms with Gasteiger partial charge in [-0.1, -0.05) is 15.9 Å². The molecule has 1 aliphatic rings. The number of benzene rings is 1. The highest BCUT2D eigenvalue weighted by Gasteiger charge is 2.28. The van der Waals surface area contributed by atoms with E-state index in [1.807, 2.05) is 19.3 Å². The SMILES string of the molecule is Cn1cccc1[C@@H]1CCCN1CCS(=O)(=O)c1ccc(Br)cc1. The normalized spacial score (nSPS) is 19.3. The Morgan fingerprint density at radius 1 is 1.22 bits per heavy atom. The van der Waals surface area contributed by atoms with Gasteiger partial charge in [-0.2, -0.15) is 0 Å². The number of aromatic nitrogens is 1. The molecule has 3 rings (SSSR count). The van der Waals surface area contributed by atoms with Crippen molar-refractivity contribution in [3.05, 3.63) is 52.8 Å². The summed E-state index contributed by atoms with van der Waals surface area (Å²) in [6.07, 6.45) is 4.26. The Labute approximate surface area is 146 Å². The fourth-order valence-corrected chi connectivity index (χ4v) is 4.77. The van der Waals surface area contributed by atoms with Crippen LogP contribution in [0.25, 0.3) is 0 Å². The minimum atomic E-state index is -3.24. The van der Waals surface area contributed by atoms with Gasteiger partial charge in [-0.05, 0) is 55.8 Å². The van der Waals surface area contributed by atoms with E-state index >= 15 is 0 Å². The number of halogens is 1. The molecule has 0 N–H and O–H groups in total. The zero-order valence-corrected chi connectivity index (χ0v) is 15.6. The Morgan fingerprint density at radius 2 is 1.96 bits per heavy atom. The predicted octanol–water partition coefficient (Wildman–Crippen LogP) is 3.40. The average molecular weight is 397 g/mol. The second-order valence-corrected chi connectivity index (χ2v) is 9.04. The van der Waals surface area contributed by atoms with Crippen molar-refractivity contribution in [1.82, 2.24) is 9.47 Å². The topological polar surface area (TPSA) is 42.3 Å². The molecule has 1 aromatic carbocycles. The van der Waals surface area contributed by atoms with Gasteiger partial charge in [-0.15, -0.1) is 0 Å². The maximum absolute atomic E-state index is 12.5. The van der Waals surface area contributed by atoms with Crippen LogP contribution in [-0.4, -0.2) is 36.7 Å². The fraction of sp³-hybridized carbons (Fsp3) is 0.412. The molecular formula is C17H21BrN2O2S. The highest BCUT2D eigenvalue weighted by molar-refractivity contribution is 9.10. The molecule has 2 heterocycles. The Balaban J connectivity index is 1.69. The number of sulfone groups is 1. The predicted molar refractivity (Wildman–Crippen MR) is 95.2 cm³/mol. The summed E-state index contributed by atoms with van der Waals surface area (Å²) in [5.74, 6) is 0.162. The van der Waals surface area contributed by atoms with Crippen LogP contribution in [-0.2, 0) is 16.9 Å². The van der Waals surface area contributed by atoms with E-state index in [4.69, 9.17) is 0 Å². The van der Waals surface area contributed by atoms with Gasteiger partial charge in [0.05, 0.1) is 16.7 Å². The molecule has 23 heavy (non-hydrogen) atoms. The first-order valence-electron chi connectivity index (χ1n) is 7.81. The molecule has 0 unspecified atom stereocenters. The molecule has 0 spiro atoms. The van der Waals surface area contributed by atoms with E-state index < -0.39 is 9.84 Å². The summed E-state index contributed by atoms with van der Waals surface area (Å²) < 4.78 is 28.0. The van der Waals surface area contributed by atoms with Gasteiger partial charge in [0.15, 0.2) is 9.84 Å². The Kier molecular flexibility index (Phi) is 4.94. The Morgan fingerprint density at radius 3 is 2.61 bits per heavy atom. The van der Waals surface area contributed by atoms with Crippen LogP contribution in [0.15, 0.2) is 52.0 Å². The molecule has 1 aromatic heterocycles. The maximum Gasteiger partial charge on any atom is 0.179 e. The smallest absolute Gasteiger partial charge is 0.179 e. The minimum absolute atomic E-state index is 0.162. The monoisotopic (exact) mass is 396 g/mol. The lowest BCUT2D eigenvalue weighted by molar-refractivity contribution is 0.264. The van der Waals surface area contributed by atoms with Crippen LogP contribution in [0, 0.1) is 0 Å². The molecule has 0 saturated carbocycles. The number of likely N-dealkylation sites (tertiary alicyclic amines) is 1. The van der Waals surface area contributed by atoms with Crippen LogP contribution >= 0.6 is 15.9 Å². The van der Waals surface area contributed by atoms with E-state index in [0.29, 0.717) is 17.5 Å². The van der Waals surface area contributed by atoms with Crippen molar-refractivity contribution in [1.29, 1.82) is 0 Å². The summed E-state index contributed by atoms with van der Waals surface area (Å²) in [6, 6.07) is 11.4. The molecule has 2 aromatic rings. The Bertz CT molecular complexity index is 768. The lowest BCUT2D eigenvalue weighted by atomic mass is 10.1. The van der Waals surface area contributed by atoms with Crippen LogP contribution in [0.1, 0.15) is 24.6 Å². The molecule has 1 atom stereocenters. The molecule has 6 heteroatoms. The first-order chi connectivity index (χ1) is 11.0. The van der Waals surface area contributed by atoms with Gasteiger partial charge in [-0.3, -0.25) is 4.90 Å². The molecule has 1 saturated heterocycles. The van der Waals surface area contributed by atoms with E-state index in [2.05, 4.69) is 31.5 Å². The molecule has 1 fully saturated rings. The summed E-state index contributed by atoms with van der Waals surface area (Å²) in [7, 11) is -1.19. The van der Waals surface area contributed by atoms with Crippen molar-refractivity contribution in [3.63, 3.8) is 0 Å². The summed E-state index contributed by atoms with van der Waals surface area (Å²) in [6.45, 7) is 1.54. The number of nitrogens with zero attached hydrogens (tertiary/aromatic N) is 2. The molecule has 124 valence electrons. The lowest BCUT2D eigenvalue weighted by Gasteiger charge is -2.25. The van der Waals surface area contributed by atoms with Crippen molar-refractivity contribution < 1.29 is 8.42 Å². The van der Waals surface area contributed by atoms with E-state index in [-0.39, 0.29) is 5.75 Å². The van der Waals surface area contributed by atoms with Crippen molar-refractivity contribution in [2.75, 3.05) is 18.8 Å². The molecule has 4 nitrogen and oxygen atoms in total. The third kappa shape index (κ3) is 3.70. The first kappa shape index (κ1) is 16.7. The highest BCUT2D eigenvalue weighted by atomic mass is 79.9. The summed E-state index contributed by atoms with van der Waals surface area (Å²) in [5.41, 5.74) is 1.27. The van der Waals surface area contributed by atoms with E-state index in [1.54, 1.807) is 24.3 Å². The lowest BCUT2D eigenvalue weighted by Crippen LogP contribution is -2.30. The fourth-order valence-electron chi connectivity index (χ4n) is 3.25. The molecule has 1 aliphatic heterocycles. The van der Waals surface area contributed by atoms with Crippen LogP contribution in [0.4, 0.5) is 0 Å². The van der Waals surface area contributed by atoms with Gasteiger partial charge in [0.1, 0.15) is 0 Å². The van der Waals surface area contributed by atoms with Crippen molar-refractivity contribution in [3.8, 4) is 0 Å². The van der Waals surface area contributed by atoms with Crippen LogP contribution < -0.4 is 0 Å². The molecule has 0 aliphatic carbocycles. The zero-order valence-electron chi connectivity index (χ0n) is 13.2. The standard InChI is InChI=1S/C17H21BrN2O2S/c1-19-10-2-4-16(19)17-5-3-11-20(17)12-13-23(21,22)15-8-6-14(18)7-9-15/h2,4,6-10,17H,3,5,11-13H2,1H3/t17-/m0/s1. The third-order valence-corrected chi connectivity index (χ3v) is 6.75. The van der Waals surface area contributed by atoms with Gasteiger partial charge in [0.2, 0.25) is 0 Å². The summed E-state index contributed by atoms with van der Waals surface area (Å²) in [4.78, 5) is 2.70. The van der Waals surface area contributed by atoms with Crippen LogP contribution in [0.3, 0.4) is 0 Å². The number of rotatable bonds is 5. The van der Waals surface area contributed by atoms with E-state index in [9.17, 15) is 8.42 Å². The molecule has 0 bridgehead atoms. The van der Waals surface area contributed by atoms with Crippen molar-refractivity contribution in [2.24, 2.45) is 7.05 Å². The van der Waals surface area contributed by atoms with Gasteiger partial charge < -0.3 is 4.57 Å². The summed E-state index contributed by atoms with van der Waals surface area (Å²) >= 11 is 3.34. The zero-order chi connectivity index (χ0) is 16.4. The molecular weight excluding hydrogens is 376 g/mol. The maximum atomic E-state index is 12.5. The average Bonchev–Trinajstić information content (AvgIpc) is 3.14. The quantitative estimate of drug-likeness (QED) is 0.777. The van der Waals surface area contributed by atoms with Gasteiger partial charge in [0.25, 0.3) is 0 Å². The second kappa shape index (κ2) is 6.79. The largest absolute Gasteiger partial charge is 0.353 e. The van der Waals surface area contributed by atoms with Crippen molar-refractivity contribution in [2.45, 2.75) is 23.8 Å².